The average Bonchev–Trinajstić information content (AvgIpc) is 2.69. The molecule has 0 spiro atoms. The molecule has 0 aliphatic carbocycles. The third-order valence-corrected chi connectivity index (χ3v) is 3.85. The van der Waals surface area contributed by atoms with Crippen LogP contribution in [0.1, 0.15) is 21.6 Å². The molecule has 0 saturated carbocycles. The van der Waals surface area contributed by atoms with Crippen molar-refractivity contribution >= 4 is 11.6 Å². The fourth-order valence-corrected chi connectivity index (χ4v) is 2.44. The van der Waals surface area contributed by atoms with Gasteiger partial charge in [0.05, 0.1) is 0 Å². The molecule has 2 aromatic heterocycles. The summed E-state index contributed by atoms with van der Waals surface area (Å²) < 4.78 is 12.9. The lowest BCUT2D eigenvalue weighted by Crippen LogP contribution is -2.24. The smallest absolute Gasteiger partial charge is 0.270 e. The molecule has 0 radical (unpaired) electrons. The molecule has 26 heavy (non-hydrogen) atoms. The number of rotatable bonds is 7. The number of nitrogens with one attached hydrogen (secondary N) is 2. The fraction of sp³-hybridized carbons (Fsp3) is 0.150. The molecular weight excluding hydrogens is 331 g/mol. The number of anilines is 1. The third kappa shape index (κ3) is 5.11. The second-order valence-electron chi connectivity index (χ2n) is 5.77. The summed E-state index contributed by atoms with van der Waals surface area (Å²) in [5.41, 5.74) is 3.19. The number of carbonyl (C=O) groups excluding carboxylic acids is 1. The molecule has 1 amide bonds. The van der Waals surface area contributed by atoms with Gasteiger partial charge in [-0.15, -0.1) is 0 Å². The summed E-state index contributed by atoms with van der Waals surface area (Å²) in [6, 6.07) is 13.7. The van der Waals surface area contributed by atoms with Crippen molar-refractivity contribution in [2.75, 3.05) is 11.9 Å². The summed E-state index contributed by atoms with van der Waals surface area (Å²) in [4.78, 5) is 20.3. The molecule has 0 atom stereocenters. The first-order chi connectivity index (χ1) is 12.7. The van der Waals surface area contributed by atoms with E-state index in [0.717, 1.165) is 23.2 Å². The summed E-state index contributed by atoms with van der Waals surface area (Å²) in [5, 5.41) is 6.09. The van der Waals surface area contributed by atoms with Crippen molar-refractivity contribution in [2.24, 2.45) is 0 Å². The molecule has 5 nitrogen and oxygen atoms in total. The highest BCUT2D eigenvalue weighted by Crippen LogP contribution is 2.09. The van der Waals surface area contributed by atoms with Crippen LogP contribution in [0.5, 0.6) is 0 Å². The Morgan fingerprint density at radius 3 is 2.50 bits per heavy atom. The minimum atomic E-state index is -0.238. The van der Waals surface area contributed by atoms with Crippen LogP contribution in [-0.4, -0.2) is 22.4 Å². The number of aromatic nitrogens is 2. The van der Waals surface area contributed by atoms with E-state index in [9.17, 15) is 9.18 Å². The number of pyridine rings is 2. The maximum Gasteiger partial charge on any atom is 0.270 e. The van der Waals surface area contributed by atoms with E-state index in [1.165, 1.54) is 12.1 Å². The Kier molecular flexibility index (Phi) is 5.88. The number of halogens is 1. The van der Waals surface area contributed by atoms with Crippen LogP contribution < -0.4 is 10.6 Å². The molecule has 3 rings (SSSR count). The highest BCUT2D eigenvalue weighted by molar-refractivity contribution is 5.93. The largest absolute Gasteiger partial charge is 0.385 e. The van der Waals surface area contributed by atoms with Crippen LogP contribution >= 0.6 is 0 Å². The van der Waals surface area contributed by atoms with Crippen molar-refractivity contribution in [2.45, 2.75) is 13.0 Å². The minimum absolute atomic E-state index is 0.232. The van der Waals surface area contributed by atoms with Crippen LogP contribution in [-0.2, 0) is 13.0 Å². The van der Waals surface area contributed by atoms with Gasteiger partial charge in [-0.3, -0.25) is 14.8 Å². The molecule has 132 valence electrons. The van der Waals surface area contributed by atoms with Crippen LogP contribution in [0.2, 0.25) is 0 Å². The van der Waals surface area contributed by atoms with E-state index in [4.69, 9.17) is 0 Å². The fourth-order valence-electron chi connectivity index (χ4n) is 2.44. The SMILES string of the molecule is O=C(NCc1ccncc1)c1cc(NCCc2ccc(F)cc2)ccn1. The van der Waals surface area contributed by atoms with Gasteiger partial charge in [-0.2, -0.15) is 0 Å². The average molecular weight is 350 g/mol. The van der Waals surface area contributed by atoms with Gasteiger partial charge >= 0.3 is 0 Å². The van der Waals surface area contributed by atoms with Crippen LogP contribution in [0.15, 0.2) is 67.1 Å². The second-order valence-corrected chi connectivity index (χ2v) is 5.77. The van der Waals surface area contributed by atoms with E-state index < -0.39 is 0 Å². The minimum Gasteiger partial charge on any atom is -0.385 e. The molecule has 3 aromatic rings. The Labute approximate surface area is 151 Å². The van der Waals surface area contributed by atoms with Gasteiger partial charge in [0.15, 0.2) is 0 Å². The zero-order valence-corrected chi connectivity index (χ0v) is 14.2. The predicted molar refractivity (Wildman–Crippen MR) is 98.2 cm³/mol. The van der Waals surface area contributed by atoms with Gasteiger partial charge < -0.3 is 10.6 Å². The summed E-state index contributed by atoms with van der Waals surface area (Å²) in [5.74, 6) is -0.470. The lowest BCUT2D eigenvalue weighted by molar-refractivity contribution is 0.0946. The molecule has 1 aromatic carbocycles. The van der Waals surface area contributed by atoms with E-state index in [1.54, 1.807) is 36.8 Å². The number of hydrogen-bond donors (Lipinski definition) is 2. The van der Waals surface area contributed by atoms with Gasteiger partial charge in [-0.05, 0) is 53.9 Å². The van der Waals surface area contributed by atoms with E-state index in [1.807, 2.05) is 18.2 Å². The van der Waals surface area contributed by atoms with Crippen LogP contribution in [0.3, 0.4) is 0 Å². The lowest BCUT2D eigenvalue weighted by atomic mass is 10.1. The van der Waals surface area contributed by atoms with Gasteiger partial charge in [-0.25, -0.2) is 4.39 Å². The van der Waals surface area contributed by atoms with Gasteiger partial charge in [0.25, 0.3) is 5.91 Å². The second kappa shape index (κ2) is 8.71. The Bertz CT molecular complexity index is 853. The summed E-state index contributed by atoms with van der Waals surface area (Å²) in [6.45, 7) is 1.10. The number of benzene rings is 1. The van der Waals surface area contributed by atoms with Crippen molar-refractivity contribution in [3.05, 3.63) is 89.8 Å². The summed E-state index contributed by atoms with van der Waals surface area (Å²) in [6.07, 6.45) is 5.73. The molecule has 0 fully saturated rings. The van der Waals surface area contributed by atoms with E-state index in [0.29, 0.717) is 18.8 Å². The van der Waals surface area contributed by atoms with E-state index in [2.05, 4.69) is 20.6 Å². The van der Waals surface area contributed by atoms with Gasteiger partial charge in [0.2, 0.25) is 0 Å². The van der Waals surface area contributed by atoms with Gasteiger partial charge in [0.1, 0.15) is 11.5 Å². The maximum absolute atomic E-state index is 12.9. The van der Waals surface area contributed by atoms with Crippen LogP contribution in [0.25, 0.3) is 0 Å². The Morgan fingerprint density at radius 2 is 1.73 bits per heavy atom. The van der Waals surface area contributed by atoms with Crippen molar-refractivity contribution in [1.29, 1.82) is 0 Å². The van der Waals surface area contributed by atoms with Gasteiger partial charge in [-0.1, -0.05) is 12.1 Å². The monoisotopic (exact) mass is 350 g/mol. The highest BCUT2D eigenvalue weighted by Gasteiger charge is 2.07. The van der Waals surface area contributed by atoms with Gasteiger partial charge in [0, 0.05) is 37.4 Å². The summed E-state index contributed by atoms with van der Waals surface area (Å²) >= 11 is 0. The predicted octanol–water partition coefficient (Wildman–Crippen LogP) is 3.20. The first-order valence-electron chi connectivity index (χ1n) is 8.32. The van der Waals surface area contributed by atoms with Crippen molar-refractivity contribution in [3.8, 4) is 0 Å². The third-order valence-electron chi connectivity index (χ3n) is 3.85. The standard InChI is InChI=1S/C20H19FN4O/c21-17-3-1-15(2-4-17)7-11-23-18-8-12-24-19(13-18)20(26)25-14-16-5-9-22-10-6-16/h1-6,8-10,12-13H,7,11,14H2,(H,23,24)(H,25,26). The number of nitrogens with zero attached hydrogens (tertiary/aromatic N) is 2. The molecule has 0 bridgehead atoms. The number of carbonyl (C=O) groups is 1. The van der Waals surface area contributed by atoms with E-state index >= 15 is 0 Å². The number of amides is 1. The lowest BCUT2D eigenvalue weighted by Gasteiger charge is -2.09. The highest BCUT2D eigenvalue weighted by atomic mass is 19.1. The Hall–Kier alpha value is -3.28. The Morgan fingerprint density at radius 1 is 0.962 bits per heavy atom. The quantitative estimate of drug-likeness (QED) is 0.687. The molecule has 2 N–H and O–H groups in total. The maximum atomic E-state index is 12.9. The normalized spacial score (nSPS) is 10.3. The zero-order valence-electron chi connectivity index (χ0n) is 14.2. The zero-order chi connectivity index (χ0) is 18.2. The Balaban J connectivity index is 1.52. The van der Waals surface area contributed by atoms with Crippen molar-refractivity contribution < 1.29 is 9.18 Å². The topological polar surface area (TPSA) is 66.9 Å². The van der Waals surface area contributed by atoms with Crippen LogP contribution in [0, 0.1) is 5.82 Å². The molecular formula is C20H19FN4O. The molecule has 0 unspecified atom stereocenters. The molecule has 6 heteroatoms. The number of hydrogen-bond acceptors (Lipinski definition) is 4. The first kappa shape index (κ1) is 17.5. The molecule has 0 aliphatic rings. The molecule has 2 heterocycles. The van der Waals surface area contributed by atoms with Crippen LogP contribution in [0.4, 0.5) is 10.1 Å². The van der Waals surface area contributed by atoms with Crippen molar-refractivity contribution in [1.82, 2.24) is 15.3 Å². The molecule has 0 saturated heterocycles. The summed E-state index contributed by atoms with van der Waals surface area (Å²) in [7, 11) is 0. The van der Waals surface area contributed by atoms with Crippen molar-refractivity contribution in [3.63, 3.8) is 0 Å². The molecule has 0 aliphatic heterocycles. The first-order valence-corrected chi connectivity index (χ1v) is 8.32. The van der Waals surface area contributed by atoms with E-state index in [-0.39, 0.29) is 11.7 Å².